The van der Waals surface area contributed by atoms with Gasteiger partial charge in [0.15, 0.2) is 0 Å². The van der Waals surface area contributed by atoms with Gasteiger partial charge in [-0.1, -0.05) is 36.4 Å². The molecule has 0 saturated carbocycles. The Morgan fingerprint density at radius 2 is 1.83 bits per heavy atom. The number of nitrogens with zero attached hydrogens (tertiary/aromatic N) is 2. The smallest absolute Gasteiger partial charge is 0.122 e. The third-order valence-corrected chi connectivity index (χ3v) is 7.15. The van der Waals surface area contributed by atoms with Crippen molar-refractivity contribution in [2.45, 2.75) is 31.3 Å². The molecular weight excluding hydrogens is 358 g/mol. The van der Waals surface area contributed by atoms with E-state index < -0.39 is 0 Å². The first kappa shape index (κ1) is 17.2. The normalized spacial score (nSPS) is 21.4. The number of fused-ring (bicyclic) bond motifs is 1. The fourth-order valence-electron chi connectivity index (χ4n) is 5.73. The van der Waals surface area contributed by atoms with Gasteiger partial charge in [0.1, 0.15) is 5.75 Å². The molecule has 3 aromatic carbocycles. The van der Waals surface area contributed by atoms with Gasteiger partial charge < -0.3 is 15.0 Å². The van der Waals surface area contributed by atoms with Gasteiger partial charge in [0.25, 0.3) is 0 Å². The second-order valence-corrected chi connectivity index (χ2v) is 8.50. The van der Waals surface area contributed by atoms with E-state index in [1.54, 1.807) is 7.11 Å². The van der Waals surface area contributed by atoms with E-state index in [1.807, 2.05) is 0 Å². The summed E-state index contributed by atoms with van der Waals surface area (Å²) in [6, 6.07) is 20.9. The molecule has 0 amide bonds. The summed E-state index contributed by atoms with van der Waals surface area (Å²) in [6.07, 6.45) is 3.50. The molecule has 2 aliphatic heterocycles. The van der Waals surface area contributed by atoms with Crippen LogP contribution in [-0.4, -0.2) is 37.8 Å². The molecule has 0 aromatic heterocycles. The number of piperidine rings is 1. The molecule has 0 radical (unpaired) electrons. The van der Waals surface area contributed by atoms with E-state index in [2.05, 4.69) is 69.7 Å². The number of hydrogen-bond donors (Lipinski definition) is 1. The Bertz CT molecular complexity index is 1070. The predicted molar refractivity (Wildman–Crippen MR) is 119 cm³/mol. The van der Waals surface area contributed by atoms with Crippen molar-refractivity contribution in [2.75, 3.05) is 37.1 Å². The predicted octanol–water partition coefficient (Wildman–Crippen LogP) is 4.80. The van der Waals surface area contributed by atoms with Gasteiger partial charge in [-0.15, -0.1) is 0 Å². The van der Waals surface area contributed by atoms with E-state index in [1.165, 1.54) is 46.1 Å². The molecular formula is C25H27N3O. The van der Waals surface area contributed by atoms with E-state index >= 15 is 0 Å². The number of methoxy groups -OCH3 is 1. The fourth-order valence-corrected chi connectivity index (χ4v) is 5.73. The van der Waals surface area contributed by atoms with Gasteiger partial charge in [-0.3, -0.25) is 4.90 Å². The number of ether oxygens (including phenoxy) is 1. The molecule has 1 fully saturated rings. The van der Waals surface area contributed by atoms with Gasteiger partial charge >= 0.3 is 0 Å². The van der Waals surface area contributed by atoms with Crippen LogP contribution in [0.25, 0.3) is 10.8 Å². The highest BCUT2D eigenvalue weighted by atomic mass is 16.5. The molecule has 3 aromatic rings. The van der Waals surface area contributed by atoms with Crippen molar-refractivity contribution in [1.29, 1.82) is 0 Å². The summed E-state index contributed by atoms with van der Waals surface area (Å²) in [5, 5.41) is 6.32. The summed E-state index contributed by atoms with van der Waals surface area (Å²) in [4.78, 5) is 5.28. The third kappa shape index (κ3) is 2.62. The lowest BCUT2D eigenvalue weighted by atomic mass is 9.98. The van der Waals surface area contributed by atoms with E-state index in [0.717, 1.165) is 31.9 Å². The molecule has 1 atom stereocenters. The number of anilines is 2. The van der Waals surface area contributed by atoms with Crippen LogP contribution in [0.15, 0.2) is 54.6 Å². The maximum Gasteiger partial charge on any atom is 0.122 e. The number of rotatable bonds is 3. The summed E-state index contributed by atoms with van der Waals surface area (Å²) >= 11 is 0. The van der Waals surface area contributed by atoms with E-state index in [0.29, 0.717) is 12.1 Å². The van der Waals surface area contributed by atoms with Crippen LogP contribution in [0.4, 0.5) is 11.4 Å². The van der Waals surface area contributed by atoms with Gasteiger partial charge in [-0.05, 0) is 53.8 Å². The Morgan fingerprint density at radius 3 is 2.69 bits per heavy atom. The maximum atomic E-state index is 5.70. The molecule has 1 saturated heterocycles. The average Bonchev–Trinajstić information content (AvgIpc) is 3.38. The largest absolute Gasteiger partial charge is 0.496 e. The van der Waals surface area contributed by atoms with Gasteiger partial charge in [-0.2, -0.15) is 0 Å². The molecule has 0 bridgehead atoms. The van der Waals surface area contributed by atoms with Gasteiger partial charge in [0.2, 0.25) is 0 Å². The Kier molecular flexibility index (Phi) is 3.95. The lowest BCUT2D eigenvalue weighted by Gasteiger charge is -2.40. The Morgan fingerprint density at radius 1 is 0.966 bits per heavy atom. The molecule has 6 rings (SSSR count). The van der Waals surface area contributed by atoms with Crippen molar-refractivity contribution in [3.63, 3.8) is 0 Å². The van der Waals surface area contributed by atoms with Crippen molar-refractivity contribution in [3.8, 4) is 5.75 Å². The molecule has 2 heterocycles. The van der Waals surface area contributed by atoms with Crippen LogP contribution in [0.3, 0.4) is 0 Å². The number of para-hydroxylation sites is 2. The Balaban J connectivity index is 1.23. The fraction of sp³-hybridized carbons (Fsp3) is 0.360. The summed E-state index contributed by atoms with van der Waals surface area (Å²) in [6.45, 7) is 3.25. The Hall–Kier alpha value is -2.72. The van der Waals surface area contributed by atoms with E-state index in [-0.39, 0.29) is 0 Å². The van der Waals surface area contributed by atoms with Crippen LogP contribution < -0.4 is 15.0 Å². The highest BCUT2D eigenvalue weighted by molar-refractivity contribution is 5.93. The van der Waals surface area contributed by atoms with E-state index in [4.69, 9.17) is 4.74 Å². The lowest BCUT2D eigenvalue weighted by Crippen LogP contribution is -2.46. The molecule has 148 valence electrons. The minimum atomic E-state index is 0.481. The first-order valence-electron chi connectivity index (χ1n) is 10.8. The second-order valence-electron chi connectivity index (χ2n) is 8.50. The number of hydrogen-bond acceptors (Lipinski definition) is 4. The lowest BCUT2D eigenvalue weighted by molar-refractivity contribution is 0.153. The van der Waals surface area contributed by atoms with Crippen LogP contribution in [-0.2, 0) is 6.42 Å². The van der Waals surface area contributed by atoms with Crippen molar-refractivity contribution >= 4 is 22.1 Å². The zero-order valence-electron chi connectivity index (χ0n) is 16.9. The average molecular weight is 386 g/mol. The highest BCUT2D eigenvalue weighted by Gasteiger charge is 2.35. The topological polar surface area (TPSA) is 27.7 Å². The summed E-state index contributed by atoms with van der Waals surface area (Å²) < 4.78 is 5.70. The zero-order chi connectivity index (χ0) is 19.4. The minimum Gasteiger partial charge on any atom is -0.496 e. The van der Waals surface area contributed by atoms with Crippen molar-refractivity contribution in [1.82, 2.24) is 4.90 Å². The first-order chi connectivity index (χ1) is 14.3. The van der Waals surface area contributed by atoms with Crippen molar-refractivity contribution < 1.29 is 4.74 Å². The standard InChI is InChI=1S/C25H27N3O/c1-29-24-10-9-17-5-4-6-19-23(15-20(24)25(17)19)27-13-11-18(12-14-27)28-16-26-21-7-2-3-8-22(21)28/h2-10,18,23,26H,11-16H2,1H3. The zero-order valence-corrected chi connectivity index (χ0v) is 16.9. The molecule has 29 heavy (non-hydrogen) atoms. The first-order valence-corrected chi connectivity index (χ1v) is 10.8. The molecule has 0 spiro atoms. The van der Waals surface area contributed by atoms with Crippen molar-refractivity contribution in [2.24, 2.45) is 0 Å². The second kappa shape index (κ2) is 6.67. The minimum absolute atomic E-state index is 0.481. The quantitative estimate of drug-likeness (QED) is 0.701. The SMILES string of the molecule is COc1ccc2cccc3c2c1CC3N1CCC(N2CNc3ccccc32)CC1. The summed E-state index contributed by atoms with van der Waals surface area (Å²) in [5.74, 6) is 1.04. The van der Waals surface area contributed by atoms with Crippen LogP contribution in [0.2, 0.25) is 0 Å². The molecule has 3 aliphatic rings. The number of likely N-dealkylation sites (tertiary alicyclic amines) is 1. The van der Waals surface area contributed by atoms with Crippen molar-refractivity contribution in [3.05, 3.63) is 65.7 Å². The molecule has 4 nitrogen and oxygen atoms in total. The molecule has 1 N–H and O–H groups in total. The van der Waals surface area contributed by atoms with Crippen LogP contribution in [0, 0.1) is 0 Å². The molecule has 4 heteroatoms. The summed E-state index contributed by atoms with van der Waals surface area (Å²) in [7, 11) is 1.79. The number of benzene rings is 3. The van der Waals surface area contributed by atoms with Crippen LogP contribution in [0.5, 0.6) is 5.75 Å². The number of nitrogens with one attached hydrogen (secondary N) is 1. The maximum absolute atomic E-state index is 5.70. The molecule has 1 unspecified atom stereocenters. The molecule has 1 aliphatic carbocycles. The van der Waals surface area contributed by atoms with Gasteiger partial charge in [0, 0.05) is 30.7 Å². The van der Waals surface area contributed by atoms with Gasteiger partial charge in [0.05, 0.1) is 25.2 Å². The Labute approximate surface area is 172 Å². The van der Waals surface area contributed by atoms with Crippen LogP contribution in [0.1, 0.15) is 30.0 Å². The highest BCUT2D eigenvalue weighted by Crippen LogP contribution is 2.45. The van der Waals surface area contributed by atoms with Gasteiger partial charge in [-0.25, -0.2) is 0 Å². The third-order valence-electron chi connectivity index (χ3n) is 7.15. The van der Waals surface area contributed by atoms with Crippen LogP contribution >= 0.6 is 0 Å². The van der Waals surface area contributed by atoms with E-state index in [9.17, 15) is 0 Å². The monoisotopic (exact) mass is 385 g/mol. The summed E-state index contributed by atoms with van der Waals surface area (Å²) in [5.41, 5.74) is 5.53.